The van der Waals surface area contributed by atoms with Crippen molar-refractivity contribution in [3.63, 3.8) is 0 Å². The monoisotopic (exact) mass is 359 g/mol. The van der Waals surface area contributed by atoms with Gasteiger partial charge in [0.25, 0.3) is 0 Å². The van der Waals surface area contributed by atoms with Crippen molar-refractivity contribution in [2.75, 3.05) is 13.1 Å². The molecule has 20 heavy (non-hydrogen) atoms. The minimum Gasteiger partial charge on any atom is -0.207 e. The molecule has 2 atom stereocenters. The van der Waals surface area contributed by atoms with Gasteiger partial charge in [-0.25, -0.2) is 8.42 Å². The van der Waals surface area contributed by atoms with E-state index in [1.165, 1.54) is 0 Å². The minimum atomic E-state index is -3.39. The van der Waals surface area contributed by atoms with Gasteiger partial charge in [0.05, 0.1) is 4.90 Å². The summed E-state index contributed by atoms with van der Waals surface area (Å²) in [5.74, 6) is 0.838. The van der Waals surface area contributed by atoms with Crippen LogP contribution in [0, 0.1) is 25.7 Å². The van der Waals surface area contributed by atoms with Crippen molar-refractivity contribution in [2.24, 2.45) is 11.8 Å². The lowest BCUT2D eigenvalue weighted by atomic mass is 9.94. The molecule has 0 spiro atoms. The highest BCUT2D eigenvalue weighted by Crippen LogP contribution is 2.30. The van der Waals surface area contributed by atoms with Gasteiger partial charge >= 0.3 is 0 Å². The molecule has 1 aliphatic rings. The fraction of sp³-hybridized carbons (Fsp3) is 0.600. The number of benzene rings is 1. The van der Waals surface area contributed by atoms with E-state index in [1.54, 1.807) is 10.4 Å². The maximum Gasteiger partial charge on any atom is 0.243 e. The summed E-state index contributed by atoms with van der Waals surface area (Å²) in [5.41, 5.74) is 1.87. The molecule has 1 saturated heterocycles. The number of nitrogens with zero attached hydrogens (tertiary/aromatic N) is 1. The first-order valence-electron chi connectivity index (χ1n) is 6.98. The molecule has 5 heteroatoms. The van der Waals surface area contributed by atoms with Crippen LogP contribution < -0.4 is 0 Å². The molecule has 1 heterocycles. The molecule has 3 nitrogen and oxygen atoms in total. The Labute approximate surface area is 130 Å². The molecule has 0 bridgehead atoms. The molecule has 1 aromatic rings. The third-order valence-electron chi connectivity index (χ3n) is 3.91. The fourth-order valence-electron chi connectivity index (χ4n) is 3.03. The first-order valence-corrected chi connectivity index (χ1v) is 9.22. The third kappa shape index (κ3) is 3.10. The van der Waals surface area contributed by atoms with Crippen LogP contribution in [0.5, 0.6) is 0 Å². The predicted molar refractivity (Wildman–Crippen MR) is 85.3 cm³/mol. The molecule has 0 unspecified atom stereocenters. The van der Waals surface area contributed by atoms with Crippen molar-refractivity contribution < 1.29 is 8.42 Å². The van der Waals surface area contributed by atoms with E-state index >= 15 is 0 Å². The predicted octanol–water partition coefficient (Wildman–Crippen LogP) is 3.73. The van der Waals surface area contributed by atoms with E-state index < -0.39 is 10.0 Å². The molecule has 0 aliphatic carbocycles. The van der Waals surface area contributed by atoms with Crippen LogP contribution in [0.2, 0.25) is 0 Å². The van der Waals surface area contributed by atoms with Crippen LogP contribution in [0.1, 0.15) is 31.4 Å². The van der Waals surface area contributed by atoms with Crippen molar-refractivity contribution in [3.05, 3.63) is 27.7 Å². The number of rotatable bonds is 2. The second-order valence-electron chi connectivity index (χ2n) is 6.13. The third-order valence-corrected chi connectivity index (χ3v) is 6.74. The topological polar surface area (TPSA) is 37.4 Å². The Morgan fingerprint density at radius 3 is 2.20 bits per heavy atom. The highest BCUT2D eigenvalue weighted by Gasteiger charge is 2.32. The molecule has 112 valence electrons. The van der Waals surface area contributed by atoms with E-state index in [9.17, 15) is 8.42 Å². The van der Waals surface area contributed by atoms with Gasteiger partial charge in [-0.15, -0.1) is 0 Å². The molecule has 0 aromatic heterocycles. The van der Waals surface area contributed by atoms with Crippen LogP contribution in [-0.4, -0.2) is 25.8 Å². The maximum atomic E-state index is 12.9. The van der Waals surface area contributed by atoms with Crippen LogP contribution in [0.4, 0.5) is 0 Å². The summed E-state index contributed by atoms with van der Waals surface area (Å²) in [5, 5.41) is 0. The average Bonchev–Trinajstić information content (AvgIpc) is 2.32. The van der Waals surface area contributed by atoms with Crippen LogP contribution in [-0.2, 0) is 10.0 Å². The smallest absolute Gasteiger partial charge is 0.207 e. The maximum absolute atomic E-state index is 12.9. The van der Waals surface area contributed by atoms with Crippen LogP contribution in [0.25, 0.3) is 0 Å². The van der Waals surface area contributed by atoms with Crippen LogP contribution >= 0.6 is 15.9 Å². The van der Waals surface area contributed by atoms with Crippen LogP contribution in [0.3, 0.4) is 0 Å². The van der Waals surface area contributed by atoms with Gasteiger partial charge in [0.2, 0.25) is 10.0 Å². The van der Waals surface area contributed by atoms with E-state index in [2.05, 4.69) is 29.8 Å². The van der Waals surface area contributed by atoms with Gasteiger partial charge in [0, 0.05) is 17.6 Å². The number of sulfonamides is 1. The van der Waals surface area contributed by atoms with E-state index in [-0.39, 0.29) is 0 Å². The fourth-order valence-corrected chi connectivity index (χ4v) is 5.43. The summed E-state index contributed by atoms with van der Waals surface area (Å²) in [6.45, 7) is 9.32. The summed E-state index contributed by atoms with van der Waals surface area (Å²) in [7, 11) is -3.39. The Hall–Kier alpha value is -0.390. The number of piperidine rings is 1. The van der Waals surface area contributed by atoms with Gasteiger partial charge in [-0.2, -0.15) is 4.31 Å². The van der Waals surface area contributed by atoms with Gasteiger partial charge in [0.1, 0.15) is 0 Å². The molecule has 0 N–H and O–H groups in total. The van der Waals surface area contributed by atoms with Crippen molar-refractivity contribution >= 4 is 26.0 Å². The minimum absolute atomic E-state index is 0.419. The Bertz CT molecular complexity index is 603. The quantitative estimate of drug-likeness (QED) is 0.806. The summed E-state index contributed by atoms with van der Waals surface area (Å²) < 4.78 is 28.2. The Kier molecular flexibility index (Phi) is 4.62. The number of aryl methyl sites for hydroxylation is 2. The lowest BCUT2D eigenvalue weighted by Gasteiger charge is -2.34. The van der Waals surface area contributed by atoms with Crippen molar-refractivity contribution in [1.29, 1.82) is 0 Å². The van der Waals surface area contributed by atoms with Gasteiger partial charge in [-0.1, -0.05) is 35.8 Å². The molecular weight excluding hydrogens is 338 g/mol. The summed E-state index contributed by atoms with van der Waals surface area (Å²) in [4.78, 5) is 0.427. The van der Waals surface area contributed by atoms with Gasteiger partial charge < -0.3 is 0 Å². The zero-order chi connectivity index (χ0) is 15.1. The number of hydrogen-bond donors (Lipinski definition) is 0. The molecule has 0 saturated carbocycles. The highest BCUT2D eigenvalue weighted by molar-refractivity contribution is 9.10. The summed E-state index contributed by atoms with van der Waals surface area (Å²) in [6, 6.07) is 3.66. The second-order valence-corrected chi connectivity index (χ2v) is 8.90. The SMILES string of the molecule is Cc1cc(C)c(S(=O)(=O)N2C[C@H](C)C[C@H](C)C2)cc1Br. The molecule has 2 rings (SSSR count). The molecule has 1 fully saturated rings. The Morgan fingerprint density at radius 2 is 1.65 bits per heavy atom. The Morgan fingerprint density at radius 1 is 1.10 bits per heavy atom. The average molecular weight is 360 g/mol. The molecule has 1 aromatic carbocycles. The Balaban J connectivity index is 2.42. The van der Waals surface area contributed by atoms with E-state index in [1.807, 2.05) is 19.9 Å². The second kappa shape index (κ2) is 5.78. The lowest BCUT2D eigenvalue weighted by Crippen LogP contribution is -2.42. The molecule has 0 amide bonds. The summed E-state index contributed by atoms with van der Waals surface area (Å²) >= 11 is 3.44. The molecule has 0 radical (unpaired) electrons. The van der Waals surface area contributed by atoms with Crippen LogP contribution in [0.15, 0.2) is 21.5 Å². The van der Waals surface area contributed by atoms with Crippen molar-refractivity contribution in [3.8, 4) is 0 Å². The zero-order valence-corrected chi connectivity index (χ0v) is 14.9. The molecular formula is C15H22BrNO2S. The highest BCUT2D eigenvalue weighted by atomic mass is 79.9. The molecule has 1 aliphatic heterocycles. The van der Waals surface area contributed by atoms with E-state index in [0.29, 0.717) is 29.8 Å². The van der Waals surface area contributed by atoms with E-state index in [0.717, 1.165) is 22.0 Å². The number of hydrogen-bond acceptors (Lipinski definition) is 2. The van der Waals surface area contributed by atoms with Gasteiger partial charge in [-0.05, 0) is 49.3 Å². The number of halogens is 1. The van der Waals surface area contributed by atoms with Gasteiger partial charge in [-0.3, -0.25) is 0 Å². The lowest BCUT2D eigenvalue weighted by molar-refractivity contribution is 0.222. The summed E-state index contributed by atoms with van der Waals surface area (Å²) in [6.07, 6.45) is 1.10. The van der Waals surface area contributed by atoms with Crippen molar-refractivity contribution in [2.45, 2.75) is 39.0 Å². The van der Waals surface area contributed by atoms with Gasteiger partial charge in [0.15, 0.2) is 0 Å². The normalized spacial score (nSPS) is 24.9. The zero-order valence-electron chi connectivity index (χ0n) is 12.5. The first kappa shape index (κ1) is 16.0. The van der Waals surface area contributed by atoms with E-state index in [4.69, 9.17) is 0 Å². The standard InChI is InChI=1S/C15H22BrNO2S/c1-10-5-11(2)9-17(8-10)20(18,19)15-7-14(16)12(3)6-13(15)4/h6-7,10-11H,5,8-9H2,1-4H3/t10-,11+. The largest absolute Gasteiger partial charge is 0.243 e. The van der Waals surface area contributed by atoms with Crippen molar-refractivity contribution in [1.82, 2.24) is 4.31 Å². The first-order chi connectivity index (χ1) is 9.21.